The minimum atomic E-state index is -3.45. The molecule has 0 aliphatic heterocycles. The number of nitrogens with zero attached hydrogens (tertiary/aromatic N) is 1. The fraction of sp³-hybridized carbons (Fsp3) is 0.500. The maximum atomic E-state index is 12.1. The predicted molar refractivity (Wildman–Crippen MR) is 92.6 cm³/mol. The van der Waals surface area contributed by atoms with Crippen molar-refractivity contribution in [2.75, 3.05) is 39.2 Å². The first kappa shape index (κ1) is 18.8. The normalized spacial score (nSPS) is 11.5. The molecule has 2 N–H and O–H groups in total. The van der Waals surface area contributed by atoms with Gasteiger partial charge in [0.05, 0.1) is 4.90 Å². The molecule has 0 amide bonds. The monoisotopic (exact) mass is 345 g/mol. The van der Waals surface area contributed by atoms with Crippen LogP contribution in [0.1, 0.15) is 13.3 Å². The highest BCUT2D eigenvalue weighted by molar-refractivity contribution is 7.89. The van der Waals surface area contributed by atoms with Crippen LogP contribution in [0.25, 0.3) is 0 Å². The van der Waals surface area contributed by atoms with Crippen LogP contribution in [0.2, 0.25) is 0 Å². The summed E-state index contributed by atoms with van der Waals surface area (Å²) in [5, 5.41) is 6.49. The van der Waals surface area contributed by atoms with E-state index >= 15 is 0 Å². The van der Waals surface area contributed by atoms with Crippen LogP contribution in [0, 0.1) is 0 Å². The Kier molecular flexibility index (Phi) is 7.74. The van der Waals surface area contributed by atoms with Gasteiger partial charge in [0.25, 0.3) is 0 Å². The molecule has 6 nitrogen and oxygen atoms in total. The molecule has 0 aliphatic carbocycles. The first-order valence-corrected chi connectivity index (χ1v) is 8.88. The molecule has 0 unspecified atom stereocenters. The van der Waals surface area contributed by atoms with Crippen LogP contribution in [-0.2, 0) is 14.8 Å². The van der Waals surface area contributed by atoms with E-state index in [9.17, 15) is 8.42 Å². The molecular formula is C14H23N3O3S2. The van der Waals surface area contributed by atoms with Crippen LogP contribution in [0.4, 0.5) is 5.69 Å². The van der Waals surface area contributed by atoms with Crippen molar-refractivity contribution >= 4 is 33.0 Å². The first-order chi connectivity index (χ1) is 10.4. The topological polar surface area (TPSA) is 70.7 Å². The fourth-order valence-corrected chi connectivity index (χ4v) is 2.81. The van der Waals surface area contributed by atoms with Crippen molar-refractivity contribution in [2.24, 2.45) is 0 Å². The Morgan fingerprint density at radius 3 is 2.73 bits per heavy atom. The molecule has 0 saturated carbocycles. The number of anilines is 1. The van der Waals surface area contributed by atoms with E-state index < -0.39 is 10.0 Å². The maximum Gasteiger partial charge on any atom is 0.242 e. The summed E-state index contributed by atoms with van der Waals surface area (Å²) in [5.41, 5.74) is 0.630. The third-order valence-corrected chi connectivity index (χ3v) is 4.88. The van der Waals surface area contributed by atoms with Crippen LogP contribution >= 0.6 is 12.2 Å². The van der Waals surface area contributed by atoms with E-state index in [1.807, 2.05) is 6.92 Å². The van der Waals surface area contributed by atoms with E-state index in [2.05, 4.69) is 10.6 Å². The van der Waals surface area contributed by atoms with E-state index in [4.69, 9.17) is 17.0 Å². The fourth-order valence-electron chi connectivity index (χ4n) is 1.64. The van der Waals surface area contributed by atoms with Crippen LogP contribution in [0.3, 0.4) is 0 Å². The maximum absolute atomic E-state index is 12.1. The molecule has 0 fully saturated rings. The number of thiocarbonyl (C=S) groups is 1. The average molecular weight is 345 g/mol. The molecule has 0 bridgehead atoms. The molecule has 0 spiro atoms. The third kappa shape index (κ3) is 5.88. The Morgan fingerprint density at radius 2 is 2.09 bits per heavy atom. The summed E-state index contributed by atoms with van der Waals surface area (Å²) in [6, 6.07) is 6.56. The molecule has 8 heteroatoms. The lowest BCUT2D eigenvalue weighted by molar-refractivity contribution is 0.146. The van der Waals surface area contributed by atoms with Gasteiger partial charge in [-0.2, -0.15) is 0 Å². The van der Waals surface area contributed by atoms with Gasteiger partial charge < -0.3 is 15.4 Å². The number of hydrogen-bond acceptors (Lipinski definition) is 4. The van der Waals surface area contributed by atoms with Gasteiger partial charge in [0, 0.05) is 39.5 Å². The summed E-state index contributed by atoms with van der Waals surface area (Å²) in [4.78, 5) is 0.224. The smallest absolute Gasteiger partial charge is 0.242 e. The van der Waals surface area contributed by atoms with E-state index in [0.29, 0.717) is 30.6 Å². The second-order valence-corrected chi connectivity index (χ2v) is 7.31. The van der Waals surface area contributed by atoms with Gasteiger partial charge in [0.2, 0.25) is 10.0 Å². The quantitative estimate of drug-likeness (QED) is 0.551. The van der Waals surface area contributed by atoms with Gasteiger partial charge in [-0.3, -0.25) is 0 Å². The molecule has 0 heterocycles. The average Bonchev–Trinajstić information content (AvgIpc) is 2.47. The molecule has 0 aromatic heterocycles. The SMILES string of the molecule is CCOCCCNC(=S)Nc1cccc(S(=O)(=O)N(C)C)c1. The Hall–Kier alpha value is -1.22. The van der Waals surface area contributed by atoms with Crippen molar-refractivity contribution in [3.8, 4) is 0 Å². The zero-order valence-electron chi connectivity index (χ0n) is 13.1. The summed E-state index contributed by atoms with van der Waals surface area (Å²) < 4.78 is 30.6. The standard InChI is InChI=1S/C14H23N3O3S2/c1-4-20-10-6-9-15-14(21)16-12-7-5-8-13(11-12)22(18,19)17(2)3/h5,7-8,11H,4,6,9-10H2,1-3H3,(H2,15,16,21). The summed E-state index contributed by atoms with van der Waals surface area (Å²) in [6.07, 6.45) is 0.852. The molecule has 0 saturated heterocycles. The van der Waals surface area contributed by atoms with Gasteiger partial charge in [-0.25, -0.2) is 12.7 Å². The number of benzene rings is 1. The van der Waals surface area contributed by atoms with Gasteiger partial charge >= 0.3 is 0 Å². The summed E-state index contributed by atoms with van der Waals surface area (Å²) in [7, 11) is -0.449. The largest absolute Gasteiger partial charge is 0.382 e. The van der Waals surface area contributed by atoms with Crippen molar-refractivity contribution in [3.05, 3.63) is 24.3 Å². The van der Waals surface area contributed by atoms with Crippen molar-refractivity contribution in [3.63, 3.8) is 0 Å². The third-order valence-electron chi connectivity index (χ3n) is 2.83. The summed E-state index contributed by atoms with van der Waals surface area (Å²) in [5.74, 6) is 0. The number of sulfonamides is 1. The van der Waals surface area contributed by atoms with Gasteiger partial charge in [-0.05, 0) is 43.8 Å². The van der Waals surface area contributed by atoms with E-state index in [1.165, 1.54) is 18.4 Å². The van der Waals surface area contributed by atoms with E-state index in [0.717, 1.165) is 6.42 Å². The molecule has 1 aromatic rings. The van der Waals surface area contributed by atoms with Gasteiger partial charge in [0.1, 0.15) is 0 Å². The number of nitrogens with one attached hydrogen (secondary N) is 2. The summed E-state index contributed by atoms with van der Waals surface area (Å²) in [6.45, 7) is 4.04. The Labute approximate surface area is 137 Å². The van der Waals surface area contributed by atoms with Gasteiger partial charge in [-0.1, -0.05) is 6.07 Å². The highest BCUT2D eigenvalue weighted by atomic mass is 32.2. The molecule has 1 rings (SSSR count). The second kappa shape index (κ2) is 9.04. The van der Waals surface area contributed by atoms with Crippen molar-refractivity contribution < 1.29 is 13.2 Å². The molecule has 22 heavy (non-hydrogen) atoms. The zero-order chi connectivity index (χ0) is 16.6. The van der Waals surface area contributed by atoms with Crippen molar-refractivity contribution in [2.45, 2.75) is 18.2 Å². The van der Waals surface area contributed by atoms with E-state index in [1.54, 1.807) is 24.3 Å². The molecule has 0 aliphatic rings. The lowest BCUT2D eigenvalue weighted by Gasteiger charge is -2.14. The van der Waals surface area contributed by atoms with Crippen molar-refractivity contribution in [1.29, 1.82) is 0 Å². The number of rotatable bonds is 8. The highest BCUT2D eigenvalue weighted by Gasteiger charge is 2.17. The first-order valence-electron chi connectivity index (χ1n) is 7.03. The predicted octanol–water partition coefficient (Wildman–Crippen LogP) is 1.65. The number of ether oxygens (including phenoxy) is 1. The molecular weight excluding hydrogens is 322 g/mol. The van der Waals surface area contributed by atoms with Gasteiger partial charge in [0.15, 0.2) is 5.11 Å². The van der Waals surface area contributed by atoms with Crippen LogP contribution in [0.5, 0.6) is 0 Å². The Balaban J connectivity index is 2.58. The lowest BCUT2D eigenvalue weighted by Crippen LogP contribution is -2.30. The highest BCUT2D eigenvalue weighted by Crippen LogP contribution is 2.17. The second-order valence-electron chi connectivity index (χ2n) is 4.75. The molecule has 1 aromatic carbocycles. The van der Waals surface area contributed by atoms with Crippen LogP contribution in [-0.4, -0.2) is 51.7 Å². The minimum absolute atomic E-state index is 0.224. The number of hydrogen-bond donors (Lipinski definition) is 2. The van der Waals surface area contributed by atoms with Crippen LogP contribution < -0.4 is 10.6 Å². The zero-order valence-corrected chi connectivity index (χ0v) is 14.8. The lowest BCUT2D eigenvalue weighted by atomic mass is 10.3. The minimum Gasteiger partial charge on any atom is -0.382 e. The summed E-state index contributed by atoms with van der Waals surface area (Å²) >= 11 is 5.18. The van der Waals surface area contributed by atoms with Gasteiger partial charge in [-0.15, -0.1) is 0 Å². The molecule has 124 valence electrons. The molecule has 0 atom stereocenters. The van der Waals surface area contributed by atoms with Crippen molar-refractivity contribution in [1.82, 2.24) is 9.62 Å². The Bertz CT molecular complexity index is 589. The van der Waals surface area contributed by atoms with Crippen LogP contribution in [0.15, 0.2) is 29.2 Å². The Morgan fingerprint density at radius 1 is 1.36 bits per heavy atom. The molecule has 0 radical (unpaired) electrons. The van der Waals surface area contributed by atoms with E-state index in [-0.39, 0.29) is 4.90 Å².